The number of hydrogen-bond acceptors (Lipinski definition) is 5. The van der Waals surface area contributed by atoms with Crippen molar-refractivity contribution in [3.05, 3.63) is 64.8 Å². The maximum absolute atomic E-state index is 12.3. The number of methoxy groups -OCH3 is 3. The van der Waals surface area contributed by atoms with Crippen molar-refractivity contribution >= 4 is 16.9 Å². The number of carbonyl (C=O) groups is 1. The molecule has 2 aromatic carbocycles. The van der Waals surface area contributed by atoms with Crippen molar-refractivity contribution in [1.82, 2.24) is 10.3 Å². The number of fused-ring (bicyclic) bond motifs is 3. The van der Waals surface area contributed by atoms with Crippen molar-refractivity contribution in [1.29, 1.82) is 0 Å². The lowest BCUT2D eigenvalue weighted by Crippen LogP contribution is -2.45. The van der Waals surface area contributed by atoms with Crippen molar-refractivity contribution in [2.24, 2.45) is 0 Å². The predicted molar refractivity (Wildman–Crippen MR) is 106 cm³/mol. The highest BCUT2D eigenvalue weighted by atomic mass is 16.5. The molecule has 0 saturated carbocycles. The first-order chi connectivity index (χ1) is 13.7. The lowest BCUT2D eigenvalue weighted by molar-refractivity contribution is -0.143. The Bertz CT molecular complexity index is 1010. The molecule has 2 atom stereocenters. The van der Waals surface area contributed by atoms with Gasteiger partial charge in [0.05, 0.1) is 26.9 Å². The number of para-hydroxylation sites is 1. The van der Waals surface area contributed by atoms with E-state index in [4.69, 9.17) is 14.2 Å². The summed E-state index contributed by atoms with van der Waals surface area (Å²) in [5.74, 6) is 0.523. The van der Waals surface area contributed by atoms with Crippen molar-refractivity contribution in [2.45, 2.75) is 25.1 Å². The molecule has 146 valence electrons. The molecule has 6 nitrogen and oxygen atoms in total. The van der Waals surface area contributed by atoms with E-state index in [1.807, 2.05) is 24.3 Å². The Labute approximate surface area is 163 Å². The van der Waals surface area contributed by atoms with E-state index in [-0.39, 0.29) is 12.0 Å². The van der Waals surface area contributed by atoms with E-state index < -0.39 is 6.04 Å². The standard InChI is InChI=1S/C22H24N2O4/c1-26-12-14-10-13(8-9-19(14)27-2)20-21-16(11-18(24-20)22(25)28-3)15-6-4-5-7-17(15)23-21/h4-10,18,20,23-24H,11-12H2,1-3H3/t18-,20+/m1/s1. The summed E-state index contributed by atoms with van der Waals surface area (Å²) in [5, 5.41) is 4.60. The highest BCUT2D eigenvalue weighted by Crippen LogP contribution is 2.36. The minimum atomic E-state index is -0.408. The number of nitrogens with one attached hydrogen (secondary N) is 2. The largest absolute Gasteiger partial charge is 0.496 e. The smallest absolute Gasteiger partial charge is 0.323 e. The molecule has 0 fully saturated rings. The van der Waals surface area contributed by atoms with Gasteiger partial charge in [0.2, 0.25) is 0 Å². The molecule has 0 saturated heterocycles. The SMILES string of the molecule is COCc1cc([C@@H]2N[C@@H](C(=O)OC)Cc3c2[nH]c2ccccc32)ccc1OC. The molecule has 0 spiro atoms. The van der Waals surface area contributed by atoms with Gasteiger partial charge in [-0.3, -0.25) is 10.1 Å². The van der Waals surface area contributed by atoms with Crippen LogP contribution in [0.25, 0.3) is 10.9 Å². The highest BCUT2D eigenvalue weighted by Gasteiger charge is 2.34. The molecule has 0 bridgehead atoms. The quantitative estimate of drug-likeness (QED) is 0.666. The van der Waals surface area contributed by atoms with Crippen LogP contribution in [0.2, 0.25) is 0 Å². The Morgan fingerprint density at radius 1 is 1.14 bits per heavy atom. The first kappa shape index (κ1) is 18.5. The van der Waals surface area contributed by atoms with Gasteiger partial charge in [-0.25, -0.2) is 0 Å². The first-order valence-electron chi connectivity index (χ1n) is 9.25. The molecule has 2 heterocycles. The average Bonchev–Trinajstić information content (AvgIpc) is 3.11. The van der Waals surface area contributed by atoms with E-state index in [2.05, 4.69) is 28.5 Å². The van der Waals surface area contributed by atoms with E-state index in [0.29, 0.717) is 13.0 Å². The summed E-state index contributed by atoms with van der Waals surface area (Å²) in [7, 11) is 4.73. The Morgan fingerprint density at radius 2 is 1.96 bits per heavy atom. The van der Waals surface area contributed by atoms with Gasteiger partial charge in [-0.1, -0.05) is 24.3 Å². The highest BCUT2D eigenvalue weighted by molar-refractivity contribution is 5.87. The number of ether oxygens (including phenoxy) is 3. The summed E-state index contributed by atoms with van der Waals surface area (Å²) in [6, 6.07) is 13.6. The summed E-state index contributed by atoms with van der Waals surface area (Å²) in [6.07, 6.45) is 0.587. The number of H-pyrrole nitrogens is 1. The van der Waals surface area contributed by atoms with Gasteiger partial charge in [-0.05, 0) is 29.3 Å². The molecule has 1 aliphatic rings. The van der Waals surface area contributed by atoms with Gasteiger partial charge in [0.15, 0.2) is 0 Å². The monoisotopic (exact) mass is 380 g/mol. The fraction of sp³-hybridized carbons (Fsp3) is 0.318. The van der Waals surface area contributed by atoms with Crippen LogP contribution in [0.1, 0.15) is 28.4 Å². The summed E-state index contributed by atoms with van der Waals surface area (Å²) in [6.45, 7) is 0.448. The zero-order chi connectivity index (χ0) is 19.7. The van der Waals surface area contributed by atoms with Crippen LogP contribution in [0, 0.1) is 0 Å². The molecule has 1 aromatic heterocycles. The third-order valence-electron chi connectivity index (χ3n) is 5.33. The van der Waals surface area contributed by atoms with Crippen LogP contribution < -0.4 is 10.1 Å². The van der Waals surface area contributed by atoms with E-state index in [1.165, 1.54) is 7.11 Å². The fourth-order valence-corrected chi connectivity index (χ4v) is 4.04. The van der Waals surface area contributed by atoms with E-state index in [0.717, 1.165) is 39.0 Å². The molecule has 0 radical (unpaired) electrons. The van der Waals surface area contributed by atoms with Crippen LogP contribution in [0.5, 0.6) is 5.75 Å². The Hall–Kier alpha value is -2.83. The second-order valence-electron chi connectivity index (χ2n) is 6.95. The normalized spacial score (nSPS) is 18.7. The van der Waals surface area contributed by atoms with Gasteiger partial charge in [-0.15, -0.1) is 0 Å². The van der Waals surface area contributed by atoms with Gasteiger partial charge in [0, 0.05) is 35.7 Å². The molecular formula is C22H24N2O4. The van der Waals surface area contributed by atoms with Crippen molar-refractivity contribution in [3.8, 4) is 5.75 Å². The maximum Gasteiger partial charge on any atom is 0.323 e. The summed E-state index contributed by atoms with van der Waals surface area (Å²) in [5.41, 5.74) is 5.29. The van der Waals surface area contributed by atoms with Crippen LogP contribution >= 0.6 is 0 Å². The van der Waals surface area contributed by atoms with Gasteiger partial charge >= 0.3 is 5.97 Å². The Morgan fingerprint density at radius 3 is 2.71 bits per heavy atom. The minimum Gasteiger partial charge on any atom is -0.496 e. The van der Waals surface area contributed by atoms with Crippen molar-refractivity contribution in [2.75, 3.05) is 21.3 Å². The van der Waals surface area contributed by atoms with Gasteiger partial charge in [0.25, 0.3) is 0 Å². The van der Waals surface area contributed by atoms with Crippen LogP contribution in [0.4, 0.5) is 0 Å². The second-order valence-corrected chi connectivity index (χ2v) is 6.95. The Kier molecular flexibility index (Phi) is 5.07. The third kappa shape index (κ3) is 3.15. The lowest BCUT2D eigenvalue weighted by atomic mass is 9.89. The predicted octanol–water partition coefficient (Wildman–Crippen LogP) is 3.10. The van der Waals surface area contributed by atoms with Crippen LogP contribution in [-0.2, 0) is 27.3 Å². The number of aromatic amines is 1. The average molecular weight is 380 g/mol. The first-order valence-corrected chi connectivity index (χ1v) is 9.25. The summed E-state index contributed by atoms with van der Waals surface area (Å²) >= 11 is 0. The van der Waals surface area contributed by atoms with Crippen LogP contribution in [-0.4, -0.2) is 38.3 Å². The molecule has 28 heavy (non-hydrogen) atoms. The van der Waals surface area contributed by atoms with Crippen LogP contribution in [0.15, 0.2) is 42.5 Å². The fourth-order valence-electron chi connectivity index (χ4n) is 4.04. The minimum absolute atomic E-state index is 0.165. The molecule has 0 unspecified atom stereocenters. The molecule has 3 aromatic rings. The molecule has 0 aliphatic carbocycles. The van der Waals surface area contributed by atoms with Gasteiger partial charge in [0.1, 0.15) is 11.8 Å². The van der Waals surface area contributed by atoms with Crippen molar-refractivity contribution in [3.63, 3.8) is 0 Å². The molecule has 4 rings (SSSR count). The van der Waals surface area contributed by atoms with E-state index in [9.17, 15) is 4.79 Å². The number of benzene rings is 2. The third-order valence-corrected chi connectivity index (χ3v) is 5.33. The van der Waals surface area contributed by atoms with Crippen LogP contribution in [0.3, 0.4) is 0 Å². The van der Waals surface area contributed by atoms with E-state index >= 15 is 0 Å². The van der Waals surface area contributed by atoms with Crippen molar-refractivity contribution < 1.29 is 19.0 Å². The van der Waals surface area contributed by atoms with E-state index in [1.54, 1.807) is 14.2 Å². The zero-order valence-electron chi connectivity index (χ0n) is 16.2. The Balaban J connectivity index is 1.84. The number of carbonyl (C=O) groups excluding carboxylic acids is 1. The molecule has 1 aliphatic heterocycles. The molecule has 2 N–H and O–H groups in total. The number of esters is 1. The lowest BCUT2D eigenvalue weighted by Gasteiger charge is -2.30. The molecule has 6 heteroatoms. The van der Waals surface area contributed by atoms with Gasteiger partial charge in [-0.2, -0.15) is 0 Å². The topological polar surface area (TPSA) is 72.6 Å². The summed E-state index contributed by atoms with van der Waals surface area (Å²) < 4.78 is 15.8. The number of hydrogen-bond donors (Lipinski definition) is 2. The molecular weight excluding hydrogens is 356 g/mol. The number of rotatable bonds is 5. The maximum atomic E-state index is 12.3. The summed E-state index contributed by atoms with van der Waals surface area (Å²) in [4.78, 5) is 15.9. The molecule has 0 amide bonds. The van der Waals surface area contributed by atoms with Gasteiger partial charge < -0.3 is 19.2 Å². The second kappa shape index (κ2) is 7.66. The zero-order valence-corrected chi connectivity index (χ0v) is 16.2. The number of aromatic nitrogens is 1.